The minimum Gasteiger partial charge on any atom is -0.455 e. The summed E-state index contributed by atoms with van der Waals surface area (Å²) in [6.07, 6.45) is -0.228. The first-order chi connectivity index (χ1) is 12.0. The van der Waals surface area contributed by atoms with E-state index < -0.39 is 23.6 Å². The largest absolute Gasteiger partial charge is 0.455 e. The molecule has 7 heteroatoms. The molecule has 2 N–H and O–H groups in total. The van der Waals surface area contributed by atoms with Crippen molar-refractivity contribution in [2.45, 2.75) is 6.42 Å². The molecule has 25 heavy (non-hydrogen) atoms. The molecule has 1 aliphatic rings. The molecule has 3 amide bonds. The molecular weight excluding hydrogens is 322 g/mol. The fourth-order valence-corrected chi connectivity index (χ4v) is 2.49. The number of benzene rings is 2. The number of hydrogen-bond donors (Lipinski definition) is 2. The molecule has 1 saturated heterocycles. The zero-order valence-electron chi connectivity index (χ0n) is 13.6. The maximum Gasteiger partial charge on any atom is 0.253 e. The Labute approximate surface area is 144 Å². The van der Waals surface area contributed by atoms with Gasteiger partial charge in [0.25, 0.3) is 11.8 Å². The summed E-state index contributed by atoms with van der Waals surface area (Å²) >= 11 is 0. The van der Waals surface area contributed by atoms with Crippen molar-refractivity contribution < 1.29 is 19.1 Å². The molecular formula is C18H17N3O4. The molecule has 1 aliphatic heterocycles. The molecule has 1 unspecified atom stereocenters. The number of hydrogen-bond acceptors (Lipinski definition) is 4. The number of rotatable bonds is 5. The van der Waals surface area contributed by atoms with Crippen LogP contribution >= 0.6 is 0 Å². The van der Waals surface area contributed by atoms with Gasteiger partial charge in [0.1, 0.15) is 11.7 Å². The summed E-state index contributed by atoms with van der Waals surface area (Å²) in [4.78, 5) is 35.8. The van der Waals surface area contributed by atoms with Gasteiger partial charge in [-0.1, -0.05) is 30.3 Å². The molecule has 0 bridgehead atoms. The topological polar surface area (TPSA) is 87.7 Å². The highest BCUT2D eigenvalue weighted by Gasteiger charge is 2.38. The quantitative estimate of drug-likeness (QED) is 0.815. The van der Waals surface area contributed by atoms with E-state index in [-0.39, 0.29) is 6.42 Å². The first-order valence-corrected chi connectivity index (χ1v) is 7.74. The minimum absolute atomic E-state index is 0.228. The third-order valence-corrected chi connectivity index (χ3v) is 3.74. The van der Waals surface area contributed by atoms with Crippen LogP contribution in [0.5, 0.6) is 11.5 Å². The van der Waals surface area contributed by atoms with Gasteiger partial charge in [0.15, 0.2) is 5.75 Å². The zero-order valence-corrected chi connectivity index (χ0v) is 13.6. The van der Waals surface area contributed by atoms with Crippen molar-refractivity contribution in [3.8, 4) is 11.5 Å². The lowest BCUT2D eigenvalue weighted by atomic mass is 10.0. The average Bonchev–Trinajstić information content (AvgIpc) is 2.84. The van der Waals surface area contributed by atoms with E-state index in [0.717, 1.165) is 5.01 Å². The first-order valence-electron chi connectivity index (χ1n) is 7.74. The van der Waals surface area contributed by atoms with E-state index in [4.69, 9.17) is 4.74 Å². The van der Waals surface area contributed by atoms with Crippen molar-refractivity contribution in [2.75, 3.05) is 12.4 Å². The summed E-state index contributed by atoms with van der Waals surface area (Å²) in [5.41, 5.74) is 2.84. The third-order valence-electron chi connectivity index (χ3n) is 3.74. The maximum atomic E-state index is 12.3. The Kier molecular flexibility index (Phi) is 4.65. The highest BCUT2D eigenvalue weighted by Crippen LogP contribution is 2.29. The monoisotopic (exact) mass is 339 g/mol. The molecule has 0 aliphatic carbocycles. The third kappa shape index (κ3) is 3.77. The van der Waals surface area contributed by atoms with Crippen molar-refractivity contribution in [2.24, 2.45) is 5.92 Å². The van der Waals surface area contributed by atoms with Crippen LogP contribution in [0.3, 0.4) is 0 Å². The second-order valence-corrected chi connectivity index (χ2v) is 5.59. The number of hydrazine groups is 1. The van der Waals surface area contributed by atoms with Gasteiger partial charge >= 0.3 is 0 Å². The van der Waals surface area contributed by atoms with Crippen molar-refractivity contribution in [3.63, 3.8) is 0 Å². The Morgan fingerprint density at radius 1 is 1.12 bits per heavy atom. The van der Waals surface area contributed by atoms with E-state index in [2.05, 4.69) is 10.7 Å². The predicted octanol–water partition coefficient (Wildman–Crippen LogP) is 1.93. The van der Waals surface area contributed by atoms with Crippen LogP contribution in [0.25, 0.3) is 0 Å². The summed E-state index contributed by atoms with van der Waals surface area (Å²) < 4.78 is 5.77. The smallest absolute Gasteiger partial charge is 0.253 e. The minimum atomic E-state index is -1.01. The Bertz CT molecular complexity index is 807. The SMILES string of the molecule is CN1NC(=O)C(CC(=O)Nc2ccccc2Oc2ccccc2)C1=O. The molecule has 2 aromatic rings. The number of para-hydroxylation sites is 3. The van der Waals surface area contributed by atoms with Crippen LogP contribution in [0.15, 0.2) is 54.6 Å². The molecule has 7 nitrogen and oxygen atoms in total. The Hall–Kier alpha value is -3.35. The predicted molar refractivity (Wildman–Crippen MR) is 90.6 cm³/mol. The van der Waals surface area contributed by atoms with E-state index in [9.17, 15) is 14.4 Å². The number of nitrogens with zero attached hydrogens (tertiary/aromatic N) is 1. The molecule has 0 aromatic heterocycles. The van der Waals surface area contributed by atoms with Gasteiger partial charge in [-0.05, 0) is 24.3 Å². The van der Waals surface area contributed by atoms with E-state index in [1.165, 1.54) is 7.05 Å². The number of amides is 3. The number of carbonyl (C=O) groups excluding carboxylic acids is 3. The van der Waals surface area contributed by atoms with Crippen LogP contribution < -0.4 is 15.5 Å². The van der Waals surface area contributed by atoms with Crippen LogP contribution in [-0.2, 0) is 14.4 Å². The molecule has 3 rings (SSSR count). The molecule has 128 valence electrons. The molecule has 1 fully saturated rings. The second-order valence-electron chi connectivity index (χ2n) is 5.59. The van der Waals surface area contributed by atoms with E-state index in [1.54, 1.807) is 36.4 Å². The van der Waals surface area contributed by atoms with Crippen molar-refractivity contribution in [1.82, 2.24) is 10.4 Å². The molecule has 0 saturated carbocycles. The molecule has 1 heterocycles. The van der Waals surface area contributed by atoms with Crippen LogP contribution in [0.2, 0.25) is 0 Å². The van der Waals surface area contributed by atoms with Gasteiger partial charge in [-0.2, -0.15) is 0 Å². The number of nitrogens with one attached hydrogen (secondary N) is 2. The van der Waals surface area contributed by atoms with Gasteiger partial charge in [0.05, 0.1) is 5.69 Å². The summed E-state index contributed by atoms with van der Waals surface area (Å²) in [5, 5.41) is 3.79. The standard InChI is InChI=1S/C18H17N3O4/c1-21-18(24)13(17(23)20-21)11-16(22)19-14-9-5-6-10-15(14)25-12-7-3-2-4-8-12/h2-10,13H,11H2,1H3,(H,19,22)(H,20,23). The molecule has 0 radical (unpaired) electrons. The van der Waals surface area contributed by atoms with E-state index >= 15 is 0 Å². The highest BCUT2D eigenvalue weighted by atomic mass is 16.5. The van der Waals surface area contributed by atoms with E-state index in [1.807, 2.05) is 18.2 Å². The van der Waals surface area contributed by atoms with Crippen LogP contribution in [0.1, 0.15) is 6.42 Å². The normalized spacial score (nSPS) is 16.5. The van der Waals surface area contributed by atoms with E-state index in [0.29, 0.717) is 17.2 Å². The Balaban J connectivity index is 1.69. The lowest BCUT2D eigenvalue weighted by Crippen LogP contribution is -2.31. The summed E-state index contributed by atoms with van der Waals surface area (Å²) in [7, 11) is 1.45. The van der Waals surface area contributed by atoms with Gasteiger partial charge in [-0.3, -0.25) is 24.8 Å². The number of anilines is 1. The van der Waals surface area contributed by atoms with Gasteiger partial charge in [0.2, 0.25) is 5.91 Å². The first kappa shape index (κ1) is 16.5. The molecule has 0 spiro atoms. The summed E-state index contributed by atoms with van der Waals surface area (Å²) in [6.45, 7) is 0. The van der Waals surface area contributed by atoms with Crippen molar-refractivity contribution in [1.29, 1.82) is 0 Å². The van der Waals surface area contributed by atoms with Crippen LogP contribution in [0, 0.1) is 5.92 Å². The maximum absolute atomic E-state index is 12.3. The Morgan fingerprint density at radius 2 is 1.80 bits per heavy atom. The Morgan fingerprint density at radius 3 is 2.48 bits per heavy atom. The highest BCUT2D eigenvalue weighted by molar-refractivity contribution is 6.09. The summed E-state index contributed by atoms with van der Waals surface area (Å²) in [5.74, 6) is -1.23. The fraction of sp³-hybridized carbons (Fsp3) is 0.167. The summed E-state index contributed by atoms with van der Waals surface area (Å²) in [6, 6.07) is 16.1. The van der Waals surface area contributed by atoms with Crippen molar-refractivity contribution >= 4 is 23.4 Å². The van der Waals surface area contributed by atoms with Gasteiger partial charge in [-0.15, -0.1) is 0 Å². The van der Waals surface area contributed by atoms with Crippen LogP contribution in [-0.4, -0.2) is 29.8 Å². The number of carbonyl (C=O) groups is 3. The lowest BCUT2D eigenvalue weighted by Gasteiger charge is -2.13. The van der Waals surface area contributed by atoms with Gasteiger partial charge < -0.3 is 10.1 Å². The lowest BCUT2D eigenvalue weighted by molar-refractivity contribution is -0.134. The molecule has 1 atom stereocenters. The number of ether oxygens (including phenoxy) is 1. The average molecular weight is 339 g/mol. The zero-order chi connectivity index (χ0) is 17.8. The van der Waals surface area contributed by atoms with Gasteiger partial charge in [0, 0.05) is 13.5 Å². The second kappa shape index (κ2) is 7.04. The fourth-order valence-electron chi connectivity index (χ4n) is 2.49. The van der Waals surface area contributed by atoms with Gasteiger partial charge in [-0.25, -0.2) is 0 Å². The molecule has 2 aromatic carbocycles. The van der Waals surface area contributed by atoms with Crippen molar-refractivity contribution in [3.05, 3.63) is 54.6 Å². The van der Waals surface area contributed by atoms with Crippen LogP contribution in [0.4, 0.5) is 5.69 Å².